The highest BCUT2D eigenvalue weighted by Gasteiger charge is 2.18. The molecular formula is C23H30N2O2S. The Labute approximate surface area is 170 Å². The molecule has 3 rings (SSSR count). The average molecular weight is 399 g/mol. The van der Waals surface area contributed by atoms with Crippen molar-refractivity contribution in [2.24, 2.45) is 0 Å². The van der Waals surface area contributed by atoms with Gasteiger partial charge in [0, 0.05) is 46.6 Å². The number of benzene rings is 2. The number of amides is 1. The van der Waals surface area contributed by atoms with E-state index in [1.54, 1.807) is 30.5 Å². The van der Waals surface area contributed by atoms with Crippen LogP contribution in [0.15, 0.2) is 53.4 Å². The number of rotatable bonds is 7. The Kier molecular flexibility index (Phi) is 7.40. The third kappa shape index (κ3) is 5.52. The molecule has 28 heavy (non-hydrogen) atoms. The number of hydrogen-bond acceptors (Lipinski definition) is 3. The highest BCUT2D eigenvalue weighted by atomic mass is 32.2. The molecule has 1 aliphatic rings. The second kappa shape index (κ2) is 9.99. The van der Waals surface area contributed by atoms with Gasteiger partial charge in [0.25, 0.3) is 5.91 Å². The van der Waals surface area contributed by atoms with Gasteiger partial charge in [-0.05, 0) is 55.3 Å². The molecule has 1 fully saturated rings. The maximum absolute atomic E-state index is 12.5. The smallest absolute Gasteiger partial charge is 0.251 e. The molecule has 2 aromatic rings. The van der Waals surface area contributed by atoms with Gasteiger partial charge in [-0.25, -0.2) is 0 Å². The Morgan fingerprint density at radius 3 is 2.32 bits per heavy atom. The van der Waals surface area contributed by atoms with Crippen molar-refractivity contribution in [1.29, 1.82) is 0 Å². The zero-order valence-corrected chi connectivity index (χ0v) is 17.6. The normalized spacial score (nSPS) is 16.1. The van der Waals surface area contributed by atoms with Gasteiger partial charge in [0.2, 0.25) is 0 Å². The van der Waals surface area contributed by atoms with Crippen LogP contribution in [0.25, 0.3) is 0 Å². The minimum absolute atomic E-state index is 0.108. The minimum Gasteiger partial charge on any atom is -0.348 e. The van der Waals surface area contributed by atoms with Crippen LogP contribution in [0.5, 0.6) is 0 Å². The molecule has 0 aromatic heterocycles. The van der Waals surface area contributed by atoms with E-state index in [-0.39, 0.29) is 5.91 Å². The molecular weight excluding hydrogens is 368 g/mol. The number of carbonyl (C=O) groups excluding carboxylic acids is 1. The molecule has 1 atom stereocenters. The van der Waals surface area contributed by atoms with Crippen molar-refractivity contribution in [2.75, 3.05) is 13.3 Å². The lowest BCUT2D eigenvalue weighted by molar-refractivity contribution is 0.0950. The van der Waals surface area contributed by atoms with E-state index in [0.717, 1.165) is 17.0 Å². The van der Waals surface area contributed by atoms with Crippen molar-refractivity contribution in [3.05, 3.63) is 65.2 Å². The quantitative estimate of drug-likeness (QED) is 0.763. The fraction of sp³-hybridized carbons (Fsp3) is 0.435. The highest BCUT2D eigenvalue weighted by molar-refractivity contribution is 7.84. The first-order valence-electron chi connectivity index (χ1n) is 10.0. The van der Waals surface area contributed by atoms with Crippen molar-refractivity contribution >= 4 is 16.7 Å². The molecule has 2 aromatic carbocycles. The first-order chi connectivity index (χ1) is 13.5. The zero-order valence-electron chi connectivity index (χ0n) is 16.8. The van der Waals surface area contributed by atoms with E-state index in [2.05, 4.69) is 35.5 Å². The first kappa shape index (κ1) is 20.7. The predicted octanol–water partition coefficient (Wildman–Crippen LogP) is 4.12. The van der Waals surface area contributed by atoms with Crippen molar-refractivity contribution in [1.82, 2.24) is 10.2 Å². The van der Waals surface area contributed by atoms with Crippen molar-refractivity contribution in [3.63, 3.8) is 0 Å². The van der Waals surface area contributed by atoms with E-state index in [0.29, 0.717) is 18.2 Å². The van der Waals surface area contributed by atoms with Crippen LogP contribution in [-0.4, -0.2) is 34.4 Å². The molecule has 0 bridgehead atoms. The van der Waals surface area contributed by atoms with Gasteiger partial charge in [0.05, 0.1) is 0 Å². The maximum atomic E-state index is 12.5. The summed E-state index contributed by atoms with van der Waals surface area (Å²) in [7, 11) is 1.18. The summed E-state index contributed by atoms with van der Waals surface area (Å²) in [6.45, 7) is 1.42. The van der Waals surface area contributed by atoms with Gasteiger partial charge in [-0.1, -0.05) is 43.5 Å². The molecule has 0 aliphatic heterocycles. The van der Waals surface area contributed by atoms with Gasteiger partial charge in [-0.2, -0.15) is 0 Å². The largest absolute Gasteiger partial charge is 0.348 e. The van der Waals surface area contributed by atoms with Gasteiger partial charge in [0.1, 0.15) is 0 Å². The van der Waals surface area contributed by atoms with E-state index in [1.807, 2.05) is 6.07 Å². The average Bonchev–Trinajstić information content (AvgIpc) is 2.73. The number of carbonyl (C=O) groups is 1. The summed E-state index contributed by atoms with van der Waals surface area (Å²) >= 11 is 0. The Bertz CT molecular complexity index is 814. The van der Waals surface area contributed by atoms with Crippen molar-refractivity contribution in [2.45, 2.75) is 56.1 Å². The van der Waals surface area contributed by atoms with Gasteiger partial charge in [-0.15, -0.1) is 0 Å². The second-order valence-electron chi connectivity index (χ2n) is 7.64. The first-order valence-corrected chi connectivity index (χ1v) is 11.6. The monoisotopic (exact) mass is 398 g/mol. The van der Waals surface area contributed by atoms with Crippen LogP contribution in [0.4, 0.5) is 0 Å². The Morgan fingerprint density at radius 1 is 1.04 bits per heavy atom. The van der Waals surface area contributed by atoms with Gasteiger partial charge in [-0.3, -0.25) is 13.9 Å². The lowest BCUT2D eigenvalue weighted by Crippen LogP contribution is -2.33. The van der Waals surface area contributed by atoms with E-state index < -0.39 is 10.8 Å². The number of hydrogen-bond donors (Lipinski definition) is 1. The van der Waals surface area contributed by atoms with Gasteiger partial charge >= 0.3 is 0 Å². The van der Waals surface area contributed by atoms with E-state index in [1.165, 1.54) is 37.7 Å². The lowest BCUT2D eigenvalue weighted by atomic mass is 9.94. The third-order valence-corrected chi connectivity index (χ3v) is 6.56. The molecule has 0 saturated heterocycles. The summed E-state index contributed by atoms with van der Waals surface area (Å²) in [5, 5.41) is 3.02. The Morgan fingerprint density at radius 2 is 1.68 bits per heavy atom. The Hall–Kier alpha value is -1.98. The van der Waals surface area contributed by atoms with Crippen LogP contribution in [0.3, 0.4) is 0 Å². The van der Waals surface area contributed by atoms with Crippen LogP contribution >= 0.6 is 0 Å². The van der Waals surface area contributed by atoms with Crippen LogP contribution in [0.1, 0.15) is 53.6 Å². The van der Waals surface area contributed by atoms with Gasteiger partial charge < -0.3 is 5.32 Å². The molecule has 1 aliphatic carbocycles. The van der Waals surface area contributed by atoms with Crippen LogP contribution in [0.2, 0.25) is 0 Å². The predicted molar refractivity (Wildman–Crippen MR) is 115 cm³/mol. The summed E-state index contributed by atoms with van der Waals surface area (Å²) in [4.78, 5) is 15.7. The lowest BCUT2D eigenvalue weighted by Gasteiger charge is -2.31. The molecule has 4 nitrogen and oxygen atoms in total. The van der Waals surface area contributed by atoms with Crippen LogP contribution in [0, 0.1) is 0 Å². The second-order valence-corrected chi connectivity index (χ2v) is 9.02. The minimum atomic E-state index is -1.03. The van der Waals surface area contributed by atoms with Crippen molar-refractivity contribution < 1.29 is 9.00 Å². The fourth-order valence-corrected chi connectivity index (χ4v) is 4.40. The standard InChI is InChI=1S/C23H30N2O2S/c1-25(21-10-4-3-5-11-21)17-20-9-7-6-8-19(20)16-24-23(26)18-12-14-22(15-13-18)28(2)27/h6-9,12-15,21H,3-5,10-11,16-17H2,1-2H3,(H,24,26). The number of nitrogens with one attached hydrogen (secondary N) is 1. The van der Waals surface area contributed by atoms with Crippen LogP contribution < -0.4 is 5.32 Å². The molecule has 0 spiro atoms. The molecule has 1 saturated carbocycles. The Balaban J connectivity index is 1.61. The van der Waals surface area contributed by atoms with E-state index in [4.69, 9.17) is 0 Å². The molecule has 1 N–H and O–H groups in total. The third-order valence-electron chi connectivity index (χ3n) is 5.62. The summed E-state index contributed by atoms with van der Waals surface area (Å²) < 4.78 is 11.5. The summed E-state index contributed by atoms with van der Waals surface area (Å²) in [6.07, 6.45) is 8.23. The molecule has 5 heteroatoms. The SMILES string of the molecule is CN(Cc1ccccc1CNC(=O)c1ccc(S(C)=O)cc1)C1CCCCC1. The fourth-order valence-electron chi connectivity index (χ4n) is 3.88. The van der Waals surface area contributed by atoms with E-state index >= 15 is 0 Å². The molecule has 1 amide bonds. The summed E-state index contributed by atoms with van der Waals surface area (Å²) in [5.41, 5.74) is 3.02. The topological polar surface area (TPSA) is 49.4 Å². The van der Waals surface area contributed by atoms with Gasteiger partial charge in [0.15, 0.2) is 0 Å². The van der Waals surface area contributed by atoms with Crippen LogP contribution in [-0.2, 0) is 23.9 Å². The molecule has 150 valence electrons. The number of nitrogens with zero attached hydrogens (tertiary/aromatic N) is 1. The zero-order chi connectivity index (χ0) is 19.9. The highest BCUT2D eigenvalue weighted by Crippen LogP contribution is 2.23. The summed E-state index contributed by atoms with van der Waals surface area (Å²) in [5.74, 6) is -0.108. The van der Waals surface area contributed by atoms with E-state index in [9.17, 15) is 9.00 Å². The molecule has 1 unspecified atom stereocenters. The summed E-state index contributed by atoms with van der Waals surface area (Å²) in [6, 6.07) is 16.0. The molecule has 0 radical (unpaired) electrons. The van der Waals surface area contributed by atoms with Crippen molar-refractivity contribution in [3.8, 4) is 0 Å². The molecule has 0 heterocycles. The maximum Gasteiger partial charge on any atom is 0.251 e.